The standard InChI is InChI=1S/C27H35Cl2N3O4S/c1-18-9-8-10-19(2)26(18)32(37(4,35)36)17-25(33)31(16-21-13-14-22(28)15-24(21)29)20(3)27(34)30-23-11-6-5-7-12-23/h8-10,13-15,20,23H,5-7,11-12,16-17H2,1-4H3,(H,30,34). The van der Waals surface area contributed by atoms with Gasteiger partial charge in [0, 0.05) is 22.6 Å². The van der Waals surface area contributed by atoms with E-state index >= 15 is 0 Å². The van der Waals surface area contributed by atoms with Gasteiger partial charge in [-0.25, -0.2) is 8.42 Å². The van der Waals surface area contributed by atoms with Gasteiger partial charge in [0.1, 0.15) is 12.6 Å². The minimum absolute atomic E-state index is 0.0262. The number of halogens is 2. The molecule has 2 aromatic rings. The van der Waals surface area contributed by atoms with E-state index in [0.717, 1.165) is 53.8 Å². The van der Waals surface area contributed by atoms with Crippen molar-refractivity contribution in [2.45, 2.75) is 71.5 Å². The number of amides is 2. The molecule has 0 bridgehead atoms. The highest BCUT2D eigenvalue weighted by Crippen LogP contribution is 2.28. The van der Waals surface area contributed by atoms with Gasteiger partial charge in [0.05, 0.1) is 11.9 Å². The maximum Gasteiger partial charge on any atom is 0.244 e. The van der Waals surface area contributed by atoms with Crippen LogP contribution >= 0.6 is 23.2 Å². The van der Waals surface area contributed by atoms with Crippen molar-refractivity contribution in [2.75, 3.05) is 17.1 Å². The average molecular weight is 569 g/mol. The predicted molar refractivity (Wildman–Crippen MR) is 150 cm³/mol. The summed E-state index contributed by atoms with van der Waals surface area (Å²) >= 11 is 12.5. The number of aryl methyl sites for hydroxylation is 2. The second kappa shape index (κ2) is 12.5. The molecule has 1 unspecified atom stereocenters. The van der Waals surface area contributed by atoms with Crippen LogP contribution in [0.5, 0.6) is 0 Å². The Bertz CT molecular complexity index is 1230. The molecule has 0 aliphatic heterocycles. The van der Waals surface area contributed by atoms with Crippen LogP contribution in [0.1, 0.15) is 55.7 Å². The van der Waals surface area contributed by atoms with E-state index in [1.165, 1.54) is 4.90 Å². The van der Waals surface area contributed by atoms with Crippen molar-refractivity contribution in [2.24, 2.45) is 0 Å². The lowest BCUT2D eigenvalue weighted by Gasteiger charge is -2.33. The molecule has 0 radical (unpaired) electrons. The topological polar surface area (TPSA) is 86.8 Å². The Morgan fingerprint density at radius 2 is 1.68 bits per heavy atom. The fourth-order valence-electron chi connectivity index (χ4n) is 4.76. The minimum atomic E-state index is -3.81. The molecular weight excluding hydrogens is 533 g/mol. The van der Waals surface area contributed by atoms with E-state index in [2.05, 4.69) is 5.32 Å². The molecule has 1 aliphatic carbocycles. The highest BCUT2D eigenvalue weighted by molar-refractivity contribution is 7.92. The lowest BCUT2D eigenvalue weighted by atomic mass is 9.95. The molecule has 0 aromatic heterocycles. The van der Waals surface area contributed by atoms with Crippen molar-refractivity contribution in [1.82, 2.24) is 10.2 Å². The summed E-state index contributed by atoms with van der Waals surface area (Å²) in [5.74, 6) is -0.784. The van der Waals surface area contributed by atoms with Gasteiger partial charge < -0.3 is 10.2 Å². The number of nitrogens with zero attached hydrogens (tertiary/aromatic N) is 2. The van der Waals surface area contributed by atoms with Crippen LogP contribution in [0.4, 0.5) is 5.69 Å². The molecule has 7 nitrogen and oxygen atoms in total. The van der Waals surface area contributed by atoms with Crippen LogP contribution in [0, 0.1) is 13.8 Å². The largest absolute Gasteiger partial charge is 0.352 e. The van der Waals surface area contributed by atoms with Crippen molar-refractivity contribution in [3.63, 3.8) is 0 Å². The molecule has 1 saturated carbocycles. The van der Waals surface area contributed by atoms with E-state index in [4.69, 9.17) is 23.2 Å². The lowest BCUT2D eigenvalue weighted by Crippen LogP contribution is -2.53. The van der Waals surface area contributed by atoms with Gasteiger partial charge in [-0.2, -0.15) is 0 Å². The van der Waals surface area contributed by atoms with Crippen LogP contribution in [0.25, 0.3) is 0 Å². The fraction of sp³-hybridized carbons (Fsp3) is 0.481. The van der Waals surface area contributed by atoms with Crippen LogP contribution in [-0.4, -0.2) is 50.0 Å². The zero-order valence-electron chi connectivity index (χ0n) is 21.8. The van der Waals surface area contributed by atoms with Gasteiger partial charge in [0.25, 0.3) is 0 Å². The van der Waals surface area contributed by atoms with E-state index in [1.807, 2.05) is 6.07 Å². The smallest absolute Gasteiger partial charge is 0.244 e. The van der Waals surface area contributed by atoms with Gasteiger partial charge >= 0.3 is 0 Å². The Morgan fingerprint density at radius 3 is 2.24 bits per heavy atom. The first-order valence-corrected chi connectivity index (χ1v) is 15.1. The zero-order chi connectivity index (χ0) is 27.3. The third-order valence-corrected chi connectivity index (χ3v) is 8.54. The average Bonchev–Trinajstić information content (AvgIpc) is 2.82. The van der Waals surface area contributed by atoms with Crippen LogP contribution in [0.15, 0.2) is 36.4 Å². The van der Waals surface area contributed by atoms with Crippen LogP contribution in [0.3, 0.4) is 0 Å². The Kier molecular flexibility index (Phi) is 9.89. The number of hydrogen-bond acceptors (Lipinski definition) is 4. The van der Waals surface area contributed by atoms with Crippen LogP contribution in [0.2, 0.25) is 10.0 Å². The Labute approximate surface area is 230 Å². The summed E-state index contributed by atoms with van der Waals surface area (Å²) in [6, 6.07) is 9.61. The van der Waals surface area contributed by atoms with Crippen molar-refractivity contribution in [3.05, 3.63) is 63.1 Å². The molecule has 10 heteroatoms. The molecule has 0 heterocycles. The number of rotatable bonds is 9. The molecule has 1 fully saturated rings. The monoisotopic (exact) mass is 567 g/mol. The molecular formula is C27H35Cl2N3O4S. The van der Waals surface area contributed by atoms with Gasteiger partial charge in [-0.1, -0.05) is 66.7 Å². The molecule has 1 N–H and O–H groups in total. The fourth-order valence-corrected chi connectivity index (χ4v) is 6.19. The van der Waals surface area contributed by atoms with Crippen molar-refractivity contribution >= 4 is 50.7 Å². The second-order valence-electron chi connectivity index (χ2n) is 9.79. The summed E-state index contributed by atoms with van der Waals surface area (Å²) in [6.45, 7) is 4.84. The van der Waals surface area contributed by atoms with Crippen LogP contribution in [-0.2, 0) is 26.2 Å². The quantitative estimate of drug-likeness (QED) is 0.448. The Morgan fingerprint density at radius 1 is 1.05 bits per heavy atom. The number of carbonyl (C=O) groups excluding carboxylic acids is 2. The molecule has 0 spiro atoms. The molecule has 0 saturated heterocycles. The van der Waals surface area contributed by atoms with Crippen molar-refractivity contribution in [1.29, 1.82) is 0 Å². The first-order valence-electron chi connectivity index (χ1n) is 12.5. The first kappa shape index (κ1) is 29.3. The highest BCUT2D eigenvalue weighted by Gasteiger charge is 2.32. The molecule has 1 atom stereocenters. The molecule has 2 aromatic carbocycles. The van der Waals surface area contributed by atoms with E-state index < -0.39 is 28.5 Å². The zero-order valence-corrected chi connectivity index (χ0v) is 24.1. The number of benzene rings is 2. The van der Waals surface area contributed by atoms with Gasteiger partial charge in [-0.05, 0) is 62.4 Å². The minimum Gasteiger partial charge on any atom is -0.352 e. The summed E-state index contributed by atoms with van der Waals surface area (Å²) in [7, 11) is -3.81. The Balaban J connectivity index is 1.94. The van der Waals surface area contributed by atoms with E-state index in [-0.39, 0.29) is 18.5 Å². The number of hydrogen-bond donors (Lipinski definition) is 1. The maximum atomic E-state index is 13.8. The third-order valence-electron chi connectivity index (χ3n) is 6.84. The third kappa shape index (κ3) is 7.62. The number of sulfonamides is 1. The van der Waals surface area contributed by atoms with E-state index in [0.29, 0.717) is 21.3 Å². The highest BCUT2D eigenvalue weighted by atomic mass is 35.5. The first-order chi connectivity index (χ1) is 17.4. The molecule has 202 valence electrons. The summed E-state index contributed by atoms with van der Waals surface area (Å²) < 4.78 is 26.8. The molecule has 2 amide bonds. The van der Waals surface area contributed by atoms with Gasteiger partial charge in [-0.3, -0.25) is 13.9 Å². The summed E-state index contributed by atoms with van der Waals surface area (Å²) in [6.07, 6.45) is 6.16. The van der Waals surface area contributed by atoms with E-state index in [1.54, 1.807) is 51.1 Å². The molecule has 3 rings (SSSR count). The SMILES string of the molecule is Cc1cccc(C)c1N(CC(=O)N(Cc1ccc(Cl)cc1Cl)C(C)C(=O)NC1CCCCC1)S(C)(=O)=O. The summed E-state index contributed by atoms with van der Waals surface area (Å²) in [4.78, 5) is 28.4. The van der Waals surface area contributed by atoms with E-state index in [9.17, 15) is 18.0 Å². The van der Waals surface area contributed by atoms with Gasteiger partial charge in [0.15, 0.2) is 0 Å². The van der Waals surface area contributed by atoms with Crippen LogP contribution < -0.4 is 9.62 Å². The number of nitrogens with one attached hydrogen (secondary N) is 1. The summed E-state index contributed by atoms with van der Waals surface area (Å²) in [5, 5.41) is 3.89. The second-order valence-corrected chi connectivity index (χ2v) is 12.5. The predicted octanol–water partition coefficient (Wildman–Crippen LogP) is 5.24. The van der Waals surface area contributed by atoms with Gasteiger partial charge in [-0.15, -0.1) is 0 Å². The maximum absolute atomic E-state index is 13.8. The molecule has 37 heavy (non-hydrogen) atoms. The van der Waals surface area contributed by atoms with Crippen molar-refractivity contribution in [3.8, 4) is 0 Å². The van der Waals surface area contributed by atoms with Gasteiger partial charge in [0.2, 0.25) is 21.8 Å². The normalized spacial score (nSPS) is 15.2. The number of anilines is 1. The van der Waals surface area contributed by atoms with Crippen molar-refractivity contribution < 1.29 is 18.0 Å². The molecule has 1 aliphatic rings. The Hall–Kier alpha value is -2.29. The number of carbonyl (C=O) groups is 2. The summed E-state index contributed by atoms with van der Waals surface area (Å²) in [5.41, 5.74) is 2.53. The number of para-hydroxylation sites is 1. The lowest BCUT2D eigenvalue weighted by molar-refractivity contribution is -0.139.